The second-order valence-corrected chi connectivity index (χ2v) is 19.2. The summed E-state index contributed by atoms with van der Waals surface area (Å²) in [5.41, 5.74) is 33.4. The molecule has 1 aliphatic rings. The number of aliphatic hydroxyl groups is 1. The molecule has 1 fully saturated rings. The summed E-state index contributed by atoms with van der Waals surface area (Å²) < 4.78 is 0. The van der Waals surface area contributed by atoms with Crippen LogP contribution >= 0.6 is 0 Å². The number of rotatable bonds is 35. The average Bonchev–Trinajstić information content (AvgIpc) is 4.23. The van der Waals surface area contributed by atoms with Gasteiger partial charge in [-0.25, -0.2) is 9.78 Å². The van der Waals surface area contributed by atoms with Gasteiger partial charge in [0.15, 0.2) is 5.96 Å². The van der Waals surface area contributed by atoms with Crippen molar-refractivity contribution in [2.24, 2.45) is 39.4 Å². The maximum absolute atomic E-state index is 14.3. The fraction of sp³-hybridized carbons (Fsp3) is 0.531. The Morgan fingerprint density at radius 3 is 1.67 bits per heavy atom. The topological polar surface area (TPSA) is 559 Å². The molecule has 1 aliphatic heterocycles. The fourth-order valence-electron chi connectivity index (χ4n) is 8.17. The van der Waals surface area contributed by atoms with Crippen molar-refractivity contribution in [3.63, 3.8) is 0 Å². The number of carbonyl (C=O) groups is 13. The maximum atomic E-state index is 14.3. The van der Waals surface area contributed by atoms with E-state index < -0.39 is 157 Å². The number of benzene rings is 1. The molecule has 33 nitrogen and oxygen atoms in total. The van der Waals surface area contributed by atoms with Crippen LogP contribution in [-0.2, 0) is 75.2 Å². The highest BCUT2D eigenvalue weighted by Gasteiger charge is 2.39. The van der Waals surface area contributed by atoms with E-state index in [1.54, 1.807) is 30.3 Å². The molecule has 33 heteroatoms. The summed E-state index contributed by atoms with van der Waals surface area (Å²) in [5.74, 6) is -13.1. The number of primary amides is 3. The molecule has 1 saturated heterocycles. The molecule has 0 aliphatic carbocycles. The van der Waals surface area contributed by atoms with E-state index in [4.69, 9.17) is 34.4 Å². The van der Waals surface area contributed by atoms with Crippen molar-refractivity contribution in [1.29, 1.82) is 0 Å². The molecule has 10 atom stereocenters. The predicted molar refractivity (Wildman–Crippen MR) is 287 cm³/mol. The van der Waals surface area contributed by atoms with E-state index >= 15 is 0 Å². The van der Waals surface area contributed by atoms with Gasteiger partial charge in [-0.3, -0.25) is 62.5 Å². The number of carbonyl (C=O) groups excluding carboxylic acids is 12. The highest BCUT2D eigenvalue weighted by Crippen LogP contribution is 2.20. The van der Waals surface area contributed by atoms with Crippen molar-refractivity contribution in [1.82, 2.24) is 57.4 Å². The molecule has 0 unspecified atom stereocenters. The van der Waals surface area contributed by atoms with E-state index in [0.717, 1.165) is 4.90 Å². The predicted octanol–water partition coefficient (Wildman–Crippen LogP) is -8.03. The molecule has 450 valence electrons. The van der Waals surface area contributed by atoms with Gasteiger partial charge in [-0.1, -0.05) is 30.3 Å². The first-order valence-corrected chi connectivity index (χ1v) is 25.9. The van der Waals surface area contributed by atoms with E-state index in [9.17, 15) is 72.5 Å². The van der Waals surface area contributed by atoms with Crippen LogP contribution in [0.15, 0.2) is 47.8 Å². The molecule has 3 rings (SSSR count). The minimum atomic E-state index is -1.79. The lowest BCUT2D eigenvalue weighted by Gasteiger charge is -2.28. The number of aliphatic carboxylic acids is 1. The number of aliphatic imine (C=N–C) groups is 1. The Bertz CT molecular complexity index is 2620. The third-order valence-electron chi connectivity index (χ3n) is 12.6. The van der Waals surface area contributed by atoms with E-state index in [1.165, 1.54) is 26.4 Å². The van der Waals surface area contributed by atoms with Gasteiger partial charge in [0.05, 0.1) is 25.4 Å². The van der Waals surface area contributed by atoms with E-state index in [-0.39, 0.29) is 70.4 Å². The number of carboxylic acid groups (broad SMARTS) is 1. The number of amides is 12. The number of nitrogens with two attached hydrogens (primary N) is 6. The Hall–Kier alpha value is -9.27. The Labute approximate surface area is 469 Å². The van der Waals surface area contributed by atoms with Crippen molar-refractivity contribution in [2.45, 2.75) is 145 Å². The Morgan fingerprint density at radius 2 is 1.13 bits per heavy atom. The van der Waals surface area contributed by atoms with Crippen LogP contribution in [0.1, 0.15) is 82.9 Å². The van der Waals surface area contributed by atoms with Crippen molar-refractivity contribution in [3.8, 4) is 0 Å². The molecule has 2 heterocycles. The number of guanidine groups is 1. The molecule has 0 radical (unpaired) electrons. The van der Waals surface area contributed by atoms with E-state index in [2.05, 4.69) is 57.5 Å². The summed E-state index contributed by atoms with van der Waals surface area (Å²) >= 11 is 0. The summed E-state index contributed by atoms with van der Waals surface area (Å²) in [7, 11) is 0. The number of hydrogen-bond donors (Lipinski definition) is 17. The standard InChI is InChI=1S/C49H74N18O15/c1-24(39(72)62-30(13-15-37(52)70)47(80)67-17-7-11-35(67)48(81)82)60-44(77)33(20-38(53)71)63-40(73)25(2)59-43(76)31(18-26-8-4-3-5-9-26)64-45(78)32(19-27-21-56-23-58-27)65-46(79)34(22-68)66-42(75)29(12-14-36(51)69)61-41(74)28(50)10-6-16-57-49(54)55/h3-5,8-9,21,23-25,28-35,68H,6-7,10-20,22,50H2,1-2H3,(H2,51,69)(H2,52,70)(H2,53,71)(H,56,58)(H,59,76)(H,60,77)(H,61,74)(H,62,72)(H,63,73)(H,64,78)(H,65,79)(H,66,75)(H,81,82)(H4,54,55,57)/t24-,25-,28-,29-,30-,31-,32-,33-,34-,35-/m0/s1. The number of H-pyrrole nitrogens is 1. The maximum Gasteiger partial charge on any atom is 0.326 e. The number of hydrogen-bond acceptors (Lipinski definition) is 17. The Balaban J connectivity index is 1.79. The number of aromatic nitrogens is 2. The van der Waals surface area contributed by atoms with Gasteiger partial charge in [0.1, 0.15) is 54.4 Å². The number of aliphatic hydroxyl groups excluding tert-OH is 1. The quantitative estimate of drug-likeness (QED) is 0.0173. The third-order valence-corrected chi connectivity index (χ3v) is 12.6. The zero-order valence-corrected chi connectivity index (χ0v) is 45.2. The van der Waals surface area contributed by atoms with Crippen molar-refractivity contribution < 1.29 is 72.5 Å². The normalized spacial score (nSPS) is 16.0. The summed E-state index contributed by atoms with van der Waals surface area (Å²) in [6.45, 7) is 1.55. The van der Waals surface area contributed by atoms with Gasteiger partial charge in [0.2, 0.25) is 70.9 Å². The molecule has 0 saturated carbocycles. The lowest BCUT2D eigenvalue weighted by atomic mass is 10.0. The first-order valence-electron chi connectivity index (χ1n) is 25.9. The van der Waals surface area contributed by atoms with Gasteiger partial charge in [-0.15, -0.1) is 0 Å². The monoisotopic (exact) mass is 1150 g/mol. The molecule has 12 amide bonds. The molecule has 2 aromatic rings. The first kappa shape index (κ1) is 67.0. The SMILES string of the molecule is C[C@H](NC(=O)[C@H](CC(N)=O)NC(=O)[C@H](C)NC(=O)[C@H](Cc1ccccc1)NC(=O)[C@H](Cc1cnc[nH]1)NC(=O)[C@H](CO)NC(=O)[C@H](CCC(N)=O)NC(=O)[C@@H](N)CCCN=C(N)N)C(=O)N[C@@H](CCC(N)=O)C(=O)N1CCC[C@H]1C(=O)O. The zero-order valence-electron chi connectivity index (χ0n) is 45.2. The second-order valence-electron chi connectivity index (χ2n) is 19.2. The van der Waals surface area contributed by atoms with Crippen molar-refractivity contribution >= 4 is 82.8 Å². The van der Waals surface area contributed by atoms with Gasteiger partial charge in [0, 0.05) is 50.7 Å². The van der Waals surface area contributed by atoms with Crippen LogP contribution in [0.2, 0.25) is 0 Å². The zero-order chi connectivity index (χ0) is 61.2. The highest BCUT2D eigenvalue weighted by molar-refractivity contribution is 5.99. The number of nitrogens with one attached hydrogen (secondary N) is 9. The number of likely N-dealkylation sites (tertiary alicyclic amines) is 1. The minimum Gasteiger partial charge on any atom is -0.480 e. The molecule has 23 N–H and O–H groups in total. The van der Waals surface area contributed by atoms with Crippen LogP contribution < -0.4 is 76.9 Å². The summed E-state index contributed by atoms with van der Waals surface area (Å²) in [4.78, 5) is 182. The summed E-state index contributed by atoms with van der Waals surface area (Å²) in [6, 6.07) is -6.72. The largest absolute Gasteiger partial charge is 0.480 e. The van der Waals surface area contributed by atoms with E-state index in [0.29, 0.717) is 17.7 Å². The number of nitrogens with zero attached hydrogens (tertiary/aromatic N) is 3. The van der Waals surface area contributed by atoms with Crippen molar-refractivity contribution in [2.75, 3.05) is 19.7 Å². The van der Waals surface area contributed by atoms with Crippen LogP contribution in [0.5, 0.6) is 0 Å². The van der Waals surface area contributed by atoms with E-state index in [1.807, 2.05) is 0 Å². The van der Waals surface area contributed by atoms with Gasteiger partial charge >= 0.3 is 5.97 Å². The lowest BCUT2D eigenvalue weighted by Crippen LogP contribution is -2.61. The van der Waals surface area contributed by atoms with Crippen LogP contribution in [0, 0.1) is 0 Å². The van der Waals surface area contributed by atoms with Crippen LogP contribution in [-0.4, -0.2) is 188 Å². The summed E-state index contributed by atoms with van der Waals surface area (Å²) in [6.07, 6.45) is 0.698. The lowest BCUT2D eigenvalue weighted by molar-refractivity contribution is -0.149. The molecular formula is C49H74N18O15. The molecular weight excluding hydrogens is 1080 g/mol. The second kappa shape index (κ2) is 33.4. The van der Waals surface area contributed by atoms with Gasteiger partial charge in [0.25, 0.3) is 0 Å². The van der Waals surface area contributed by atoms with Gasteiger partial charge in [-0.2, -0.15) is 0 Å². The number of carboxylic acids is 1. The van der Waals surface area contributed by atoms with Crippen LogP contribution in [0.4, 0.5) is 0 Å². The van der Waals surface area contributed by atoms with Crippen LogP contribution in [0.3, 0.4) is 0 Å². The molecule has 1 aromatic carbocycles. The third kappa shape index (κ3) is 22.8. The Morgan fingerprint density at radius 1 is 0.634 bits per heavy atom. The first-order chi connectivity index (χ1) is 38.7. The number of aromatic amines is 1. The molecule has 0 spiro atoms. The average molecular weight is 1160 g/mol. The molecule has 82 heavy (non-hydrogen) atoms. The van der Waals surface area contributed by atoms with Crippen molar-refractivity contribution in [3.05, 3.63) is 54.1 Å². The van der Waals surface area contributed by atoms with Crippen LogP contribution in [0.25, 0.3) is 0 Å². The molecule has 1 aromatic heterocycles. The highest BCUT2D eigenvalue weighted by atomic mass is 16.4. The smallest absolute Gasteiger partial charge is 0.326 e. The Kier molecular flexibility index (Phi) is 27.3. The number of imidazole rings is 1. The molecule has 0 bridgehead atoms. The minimum absolute atomic E-state index is 0.0593. The fourth-order valence-corrected chi connectivity index (χ4v) is 8.17. The van der Waals surface area contributed by atoms with Gasteiger partial charge < -0.3 is 97.0 Å². The summed E-state index contributed by atoms with van der Waals surface area (Å²) in [5, 5.41) is 39.0. The van der Waals surface area contributed by atoms with Gasteiger partial charge in [-0.05, 0) is 57.9 Å².